The molecule has 0 bridgehead atoms. The minimum atomic E-state index is -0.182. The molecule has 1 aromatic heterocycles. The summed E-state index contributed by atoms with van der Waals surface area (Å²) in [5.41, 5.74) is 3.49. The Morgan fingerprint density at radius 3 is 2.48 bits per heavy atom. The maximum atomic E-state index is 12.8. The Bertz CT molecular complexity index is 1150. The topological polar surface area (TPSA) is 46.9 Å². The predicted molar refractivity (Wildman–Crippen MR) is 118 cm³/mol. The molecule has 0 aliphatic carbocycles. The molecule has 6 heteroatoms. The van der Waals surface area contributed by atoms with Crippen LogP contribution in [-0.4, -0.2) is 22.2 Å². The van der Waals surface area contributed by atoms with Gasteiger partial charge in [-0.25, -0.2) is 0 Å². The number of fused-ring (bicyclic) bond motifs is 1. The summed E-state index contributed by atoms with van der Waals surface area (Å²) < 4.78 is 1.85. The van der Waals surface area contributed by atoms with E-state index in [0.29, 0.717) is 35.2 Å². The molecule has 0 fully saturated rings. The third-order valence-corrected chi connectivity index (χ3v) is 5.19. The highest BCUT2D eigenvalue weighted by atomic mass is 35.5. The van der Waals surface area contributed by atoms with Gasteiger partial charge in [-0.15, -0.1) is 0 Å². The molecule has 0 aliphatic heterocycles. The minimum absolute atomic E-state index is 0.182. The Kier molecular flexibility index (Phi) is 5.84. The first kappa shape index (κ1) is 19.5. The fraction of sp³-hybridized carbons (Fsp3) is 0.130. The molecule has 1 amide bonds. The second kappa shape index (κ2) is 8.68. The van der Waals surface area contributed by atoms with Crippen LogP contribution in [-0.2, 0) is 13.0 Å². The van der Waals surface area contributed by atoms with Gasteiger partial charge in [0.25, 0.3) is 5.91 Å². The van der Waals surface area contributed by atoms with Crippen LogP contribution in [0.1, 0.15) is 21.6 Å². The number of nitrogens with one attached hydrogen (secondary N) is 1. The van der Waals surface area contributed by atoms with E-state index in [-0.39, 0.29) is 5.91 Å². The van der Waals surface area contributed by atoms with Crippen LogP contribution in [0.15, 0.2) is 72.8 Å². The van der Waals surface area contributed by atoms with Crippen LogP contribution in [0.4, 0.5) is 0 Å². The molecule has 0 atom stereocenters. The lowest BCUT2D eigenvalue weighted by atomic mass is 10.1. The van der Waals surface area contributed by atoms with E-state index in [1.807, 2.05) is 77.5 Å². The van der Waals surface area contributed by atoms with Crippen molar-refractivity contribution >= 4 is 40.0 Å². The standard InChI is InChI=1S/C23H19Cl2N3O/c24-18-10-8-17(9-11-18)15-28-21-7-2-1-6-20(21)22(27-28)23(29)26-13-12-16-4-3-5-19(25)14-16/h1-11,14H,12-13,15H2,(H,26,29). The predicted octanol–water partition coefficient (Wildman–Crippen LogP) is 5.36. The average Bonchev–Trinajstić information content (AvgIpc) is 3.08. The van der Waals surface area contributed by atoms with Crippen molar-refractivity contribution in [3.05, 3.63) is 99.7 Å². The molecule has 1 heterocycles. The van der Waals surface area contributed by atoms with Gasteiger partial charge in [-0.1, -0.05) is 65.7 Å². The molecule has 4 nitrogen and oxygen atoms in total. The average molecular weight is 424 g/mol. The van der Waals surface area contributed by atoms with E-state index >= 15 is 0 Å². The number of rotatable bonds is 6. The summed E-state index contributed by atoms with van der Waals surface area (Å²) in [5.74, 6) is -0.182. The van der Waals surface area contributed by atoms with Crippen molar-refractivity contribution in [3.8, 4) is 0 Å². The number of nitrogens with zero attached hydrogens (tertiary/aromatic N) is 2. The van der Waals surface area contributed by atoms with Gasteiger partial charge in [0.1, 0.15) is 0 Å². The fourth-order valence-corrected chi connectivity index (χ4v) is 3.61. The molecular weight excluding hydrogens is 405 g/mol. The van der Waals surface area contributed by atoms with Gasteiger partial charge in [-0.2, -0.15) is 5.10 Å². The van der Waals surface area contributed by atoms with Gasteiger partial charge in [-0.3, -0.25) is 9.48 Å². The number of carbonyl (C=O) groups excluding carboxylic acids is 1. The van der Waals surface area contributed by atoms with Crippen molar-refractivity contribution in [2.75, 3.05) is 6.54 Å². The number of para-hydroxylation sites is 1. The van der Waals surface area contributed by atoms with E-state index in [0.717, 1.165) is 22.0 Å². The minimum Gasteiger partial charge on any atom is -0.350 e. The zero-order valence-electron chi connectivity index (χ0n) is 15.6. The molecule has 0 unspecified atom stereocenters. The maximum Gasteiger partial charge on any atom is 0.272 e. The maximum absolute atomic E-state index is 12.8. The molecule has 1 N–H and O–H groups in total. The third kappa shape index (κ3) is 4.61. The van der Waals surface area contributed by atoms with Gasteiger partial charge in [0.15, 0.2) is 5.69 Å². The Labute approximate surface area is 179 Å². The first-order chi connectivity index (χ1) is 14.1. The molecule has 146 valence electrons. The number of halogens is 2. The van der Waals surface area contributed by atoms with Crippen LogP contribution in [0.2, 0.25) is 10.0 Å². The number of carbonyl (C=O) groups is 1. The SMILES string of the molecule is O=C(NCCc1cccc(Cl)c1)c1nn(Cc2ccc(Cl)cc2)c2ccccc12. The van der Waals surface area contributed by atoms with Crippen molar-refractivity contribution < 1.29 is 4.79 Å². The highest BCUT2D eigenvalue weighted by molar-refractivity contribution is 6.30. The van der Waals surface area contributed by atoms with E-state index in [9.17, 15) is 4.79 Å². The van der Waals surface area contributed by atoms with Gasteiger partial charge < -0.3 is 5.32 Å². The molecule has 0 saturated carbocycles. The van der Waals surface area contributed by atoms with E-state index < -0.39 is 0 Å². The molecule has 0 spiro atoms. The van der Waals surface area contributed by atoms with Crippen molar-refractivity contribution in [2.45, 2.75) is 13.0 Å². The zero-order valence-corrected chi connectivity index (χ0v) is 17.1. The summed E-state index contributed by atoms with van der Waals surface area (Å²) in [6.45, 7) is 1.07. The lowest BCUT2D eigenvalue weighted by Crippen LogP contribution is -2.26. The van der Waals surface area contributed by atoms with Crippen LogP contribution in [0.25, 0.3) is 10.9 Å². The lowest BCUT2D eigenvalue weighted by Gasteiger charge is -2.05. The Morgan fingerprint density at radius 2 is 1.69 bits per heavy atom. The van der Waals surface area contributed by atoms with Crippen LogP contribution < -0.4 is 5.32 Å². The highest BCUT2D eigenvalue weighted by Gasteiger charge is 2.16. The first-order valence-corrected chi connectivity index (χ1v) is 10.1. The summed E-state index contributed by atoms with van der Waals surface area (Å²) in [6.07, 6.45) is 0.704. The van der Waals surface area contributed by atoms with Crippen LogP contribution >= 0.6 is 23.2 Å². The summed E-state index contributed by atoms with van der Waals surface area (Å²) >= 11 is 12.0. The summed E-state index contributed by atoms with van der Waals surface area (Å²) in [4.78, 5) is 12.8. The Hall–Kier alpha value is -2.82. The van der Waals surface area contributed by atoms with Crippen molar-refractivity contribution in [3.63, 3.8) is 0 Å². The second-order valence-electron chi connectivity index (χ2n) is 6.79. The van der Waals surface area contributed by atoms with E-state index in [1.165, 1.54) is 0 Å². The van der Waals surface area contributed by atoms with Crippen molar-refractivity contribution in [1.29, 1.82) is 0 Å². The van der Waals surface area contributed by atoms with Crippen LogP contribution in [0.3, 0.4) is 0 Å². The summed E-state index contributed by atoms with van der Waals surface area (Å²) in [7, 11) is 0. The second-order valence-corrected chi connectivity index (χ2v) is 7.66. The number of aromatic nitrogens is 2. The molecule has 3 aromatic carbocycles. The number of amides is 1. The van der Waals surface area contributed by atoms with E-state index in [2.05, 4.69) is 10.4 Å². The number of hydrogen-bond donors (Lipinski definition) is 1. The van der Waals surface area contributed by atoms with Gasteiger partial charge in [0.2, 0.25) is 0 Å². The van der Waals surface area contributed by atoms with E-state index in [1.54, 1.807) is 0 Å². The molecule has 0 saturated heterocycles. The number of hydrogen-bond acceptors (Lipinski definition) is 2. The summed E-state index contributed by atoms with van der Waals surface area (Å²) in [6, 6.07) is 23.0. The normalized spacial score (nSPS) is 11.0. The molecule has 29 heavy (non-hydrogen) atoms. The van der Waals surface area contributed by atoms with E-state index in [4.69, 9.17) is 23.2 Å². The number of benzene rings is 3. The van der Waals surface area contributed by atoms with Crippen molar-refractivity contribution in [2.24, 2.45) is 0 Å². The smallest absolute Gasteiger partial charge is 0.272 e. The highest BCUT2D eigenvalue weighted by Crippen LogP contribution is 2.20. The van der Waals surface area contributed by atoms with Gasteiger partial charge >= 0.3 is 0 Å². The summed E-state index contributed by atoms with van der Waals surface area (Å²) in [5, 5.41) is 9.79. The zero-order chi connectivity index (χ0) is 20.2. The lowest BCUT2D eigenvalue weighted by molar-refractivity contribution is 0.0950. The Balaban J connectivity index is 1.52. The van der Waals surface area contributed by atoms with Crippen molar-refractivity contribution in [1.82, 2.24) is 15.1 Å². The molecule has 0 radical (unpaired) electrons. The molecule has 0 aliphatic rings. The van der Waals surface area contributed by atoms with Gasteiger partial charge in [0, 0.05) is 22.0 Å². The largest absolute Gasteiger partial charge is 0.350 e. The quantitative estimate of drug-likeness (QED) is 0.453. The van der Waals surface area contributed by atoms with Gasteiger partial charge in [0.05, 0.1) is 12.1 Å². The third-order valence-electron chi connectivity index (χ3n) is 4.71. The first-order valence-electron chi connectivity index (χ1n) is 9.33. The Morgan fingerprint density at radius 1 is 0.897 bits per heavy atom. The molecule has 4 rings (SSSR count). The molecule has 4 aromatic rings. The molecular formula is C23H19Cl2N3O. The van der Waals surface area contributed by atoms with Crippen LogP contribution in [0.5, 0.6) is 0 Å². The van der Waals surface area contributed by atoms with Crippen LogP contribution in [0, 0.1) is 0 Å². The monoisotopic (exact) mass is 423 g/mol. The van der Waals surface area contributed by atoms with Gasteiger partial charge in [-0.05, 0) is 47.9 Å². The fourth-order valence-electron chi connectivity index (χ4n) is 3.27.